The van der Waals surface area contributed by atoms with Crippen molar-refractivity contribution < 1.29 is 5.11 Å². The van der Waals surface area contributed by atoms with E-state index in [9.17, 15) is 5.11 Å². The minimum atomic E-state index is -0.491. The lowest BCUT2D eigenvalue weighted by molar-refractivity contribution is 0.108. The molecule has 0 saturated heterocycles. The van der Waals surface area contributed by atoms with Crippen molar-refractivity contribution in [2.45, 2.75) is 57.0 Å². The maximum atomic E-state index is 9.99. The van der Waals surface area contributed by atoms with Crippen LogP contribution in [-0.4, -0.2) is 17.8 Å². The Labute approximate surface area is 110 Å². The fourth-order valence-corrected chi connectivity index (χ4v) is 2.93. The number of nitrogens with two attached hydrogens (primary N) is 1. The van der Waals surface area contributed by atoms with Gasteiger partial charge in [0.1, 0.15) is 0 Å². The molecule has 1 aliphatic rings. The Morgan fingerprint density at radius 1 is 1.22 bits per heavy atom. The molecule has 1 saturated carbocycles. The SMILES string of the molecule is CC(C)(c1ccc(C2CCCC2)cc1)C(O)CN. The molecule has 2 heteroatoms. The number of rotatable bonds is 4. The highest BCUT2D eigenvalue weighted by Crippen LogP contribution is 2.35. The molecule has 0 amide bonds. The lowest BCUT2D eigenvalue weighted by Gasteiger charge is -2.30. The highest BCUT2D eigenvalue weighted by molar-refractivity contribution is 5.31. The van der Waals surface area contributed by atoms with E-state index >= 15 is 0 Å². The van der Waals surface area contributed by atoms with Crippen LogP contribution in [0.3, 0.4) is 0 Å². The molecule has 1 atom stereocenters. The van der Waals surface area contributed by atoms with Gasteiger partial charge in [0.15, 0.2) is 0 Å². The average molecular weight is 247 g/mol. The molecule has 2 rings (SSSR count). The number of hydrogen-bond donors (Lipinski definition) is 2. The normalized spacial score (nSPS) is 19.1. The Hall–Kier alpha value is -0.860. The number of hydrogen-bond acceptors (Lipinski definition) is 2. The summed E-state index contributed by atoms with van der Waals surface area (Å²) in [7, 11) is 0. The molecule has 0 aliphatic heterocycles. The molecule has 0 heterocycles. The second-order valence-electron chi connectivity index (χ2n) is 6.08. The standard InChI is InChI=1S/C16H25NO/c1-16(2,15(18)11-17)14-9-7-13(8-10-14)12-5-3-4-6-12/h7-10,12,15,18H,3-6,11,17H2,1-2H3. The van der Waals surface area contributed by atoms with Crippen LogP contribution in [0.1, 0.15) is 56.6 Å². The molecule has 0 spiro atoms. The van der Waals surface area contributed by atoms with Gasteiger partial charge in [0, 0.05) is 12.0 Å². The topological polar surface area (TPSA) is 46.2 Å². The number of aliphatic hydroxyl groups excluding tert-OH is 1. The Balaban J connectivity index is 2.16. The van der Waals surface area contributed by atoms with Crippen molar-refractivity contribution in [1.82, 2.24) is 0 Å². The van der Waals surface area contributed by atoms with E-state index in [0.29, 0.717) is 6.54 Å². The average Bonchev–Trinajstić information content (AvgIpc) is 2.91. The fraction of sp³-hybridized carbons (Fsp3) is 0.625. The summed E-state index contributed by atoms with van der Waals surface area (Å²) in [5.74, 6) is 0.751. The largest absolute Gasteiger partial charge is 0.391 e. The van der Waals surface area contributed by atoms with Gasteiger partial charge in [-0.3, -0.25) is 0 Å². The van der Waals surface area contributed by atoms with E-state index in [-0.39, 0.29) is 5.41 Å². The zero-order valence-corrected chi connectivity index (χ0v) is 11.5. The van der Waals surface area contributed by atoms with Crippen molar-refractivity contribution in [3.63, 3.8) is 0 Å². The first-order valence-electron chi connectivity index (χ1n) is 7.04. The number of aliphatic hydroxyl groups is 1. The maximum absolute atomic E-state index is 9.99. The summed E-state index contributed by atoms with van der Waals surface area (Å²) in [6, 6.07) is 8.78. The molecule has 18 heavy (non-hydrogen) atoms. The van der Waals surface area contributed by atoms with Crippen molar-refractivity contribution in [1.29, 1.82) is 0 Å². The molecular weight excluding hydrogens is 222 g/mol. The van der Waals surface area contributed by atoms with Crippen LogP contribution in [0.2, 0.25) is 0 Å². The quantitative estimate of drug-likeness (QED) is 0.859. The van der Waals surface area contributed by atoms with E-state index in [1.807, 2.05) is 0 Å². The molecule has 1 unspecified atom stereocenters. The van der Waals surface area contributed by atoms with Crippen LogP contribution in [0, 0.1) is 0 Å². The Morgan fingerprint density at radius 2 is 1.78 bits per heavy atom. The Bertz CT molecular complexity index is 377. The van der Waals surface area contributed by atoms with E-state index in [1.54, 1.807) is 0 Å². The second-order valence-corrected chi connectivity index (χ2v) is 6.08. The predicted octanol–water partition coefficient (Wildman–Crippen LogP) is 2.94. The third kappa shape index (κ3) is 2.60. The third-order valence-electron chi connectivity index (χ3n) is 4.54. The lowest BCUT2D eigenvalue weighted by Crippen LogP contribution is -2.39. The van der Waals surface area contributed by atoms with Crippen molar-refractivity contribution in [3.05, 3.63) is 35.4 Å². The van der Waals surface area contributed by atoms with Crippen LogP contribution in [0.5, 0.6) is 0 Å². The monoisotopic (exact) mass is 247 g/mol. The summed E-state index contributed by atoms with van der Waals surface area (Å²) in [6.07, 6.45) is 4.89. The van der Waals surface area contributed by atoms with Crippen molar-refractivity contribution in [2.75, 3.05) is 6.54 Å². The Morgan fingerprint density at radius 3 is 2.28 bits per heavy atom. The summed E-state index contributed by atoms with van der Waals surface area (Å²) in [5, 5.41) is 9.99. The van der Waals surface area contributed by atoms with Gasteiger partial charge in [-0.25, -0.2) is 0 Å². The molecule has 3 N–H and O–H groups in total. The first kappa shape index (κ1) is 13.6. The van der Waals surface area contributed by atoms with Gasteiger partial charge < -0.3 is 10.8 Å². The van der Waals surface area contributed by atoms with Crippen LogP contribution < -0.4 is 5.73 Å². The lowest BCUT2D eigenvalue weighted by atomic mass is 9.78. The minimum absolute atomic E-state index is 0.275. The molecular formula is C16H25NO. The highest BCUT2D eigenvalue weighted by atomic mass is 16.3. The first-order valence-corrected chi connectivity index (χ1v) is 7.04. The first-order chi connectivity index (χ1) is 8.55. The van der Waals surface area contributed by atoms with Crippen molar-refractivity contribution in [2.24, 2.45) is 5.73 Å². The van der Waals surface area contributed by atoms with E-state index in [2.05, 4.69) is 38.1 Å². The van der Waals surface area contributed by atoms with Gasteiger partial charge >= 0.3 is 0 Å². The molecule has 0 radical (unpaired) electrons. The third-order valence-corrected chi connectivity index (χ3v) is 4.54. The van der Waals surface area contributed by atoms with E-state index in [0.717, 1.165) is 5.92 Å². The van der Waals surface area contributed by atoms with Gasteiger partial charge in [0.25, 0.3) is 0 Å². The van der Waals surface area contributed by atoms with Crippen LogP contribution in [-0.2, 0) is 5.41 Å². The van der Waals surface area contributed by atoms with Crippen molar-refractivity contribution >= 4 is 0 Å². The second kappa shape index (κ2) is 5.41. The molecule has 1 aliphatic carbocycles. The van der Waals surface area contributed by atoms with E-state index < -0.39 is 6.10 Å². The van der Waals surface area contributed by atoms with Crippen LogP contribution in [0.4, 0.5) is 0 Å². The van der Waals surface area contributed by atoms with E-state index in [1.165, 1.54) is 36.8 Å². The summed E-state index contributed by atoms with van der Waals surface area (Å²) < 4.78 is 0. The molecule has 100 valence electrons. The van der Waals surface area contributed by atoms with Gasteiger partial charge in [-0.05, 0) is 29.9 Å². The Kier molecular flexibility index (Phi) is 4.08. The molecule has 0 aromatic heterocycles. The molecule has 1 aromatic carbocycles. The van der Waals surface area contributed by atoms with Gasteiger partial charge in [-0.1, -0.05) is 51.0 Å². The smallest absolute Gasteiger partial charge is 0.0753 e. The summed E-state index contributed by atoms with van der Waals surface area (Å²) in [5.41, 5.74) is 7.92. The fourth-order valence-electron chi connectivity index (χ4n) is 2.93. The number of benzene rings is 1. The minimum Gasteiger partial charge on any atom is -0.391 e. The van der Waals surface area contributed by atoms with Gasteiger partial charge in [0.2, 0.25) is 0 Å². The van der Waals surface area contributed by atoms with Gasteiger partial charge in [-0.15, -0.1) is 0 Å². The summed E-state index contributed by atoms with van der Waals surface area (Å²) >= 11 is 0. The molecule has 2 nitrogen and oxygen atoms in total. The molecule has 1 fully saturated rings. The zero-order valence-electron chi connectivity index (χ0n) is 11.5. The van der Waals surface area contributed by atoms with Gasteiger partial charge in [-0.2, -0.15) is 0 Å². The van der Waals surface area contributed by atoms with Crippen LogP contribution in [0.15, 0.2) is 24.3 Å². The summed E-state index contributed by atoms with van der Waals surface area (Å²) in [4.78, 5) is 0. The highest BCUT2D eigenvalue weighted by Gasteiger charge is 2.29. The predicted molar refractivity (Wildman–Crippen MR) is 75.7 cm³/mol. The van der Waals surface area contributed by atoms with Crippen LogP contribution >= 0.6 is 0 Å². The van der Waals surface area contributed by atoms with Crippen molar-refractivity contribution in [3.8, 4) is 0 Å². The van der Waals surface area contributed by atoms with E-state index in [4.69, 9.17) is 5.73 Å². The molecule has 1 aromatic rings. The summed E-state index contributed by atoms with van der Waals surface area (Å²) in [6.45, 7) is 4.40. The maximum Gasteiger partial charge on any atom is 0.0753 e. The zero-order chi connectivity index (χ0) is 13.2. The molecule has 0 bridgehead atoms. The van der Waals surface area contributed by atoms with Crippen LogP contribution in [0.25, 0.3) is 0 Å². The van der Waals surface area contributed by atoms with Gasteiger partial charge in [0.05, 0.1) is 6.10 Å².